The van der Waals surface area contributed by atoms with Crippen LogP contribution >= 0.6 is 11.3 Å². The van der Waals surface area contributed by atoms with Crippen molar-refractivity contribution in [3.63, 3.8) is 0 Å². The summed E-state index contributed by atoms with van der Waals surface area (Å²) in [6.07, 6.45) is 0.623. The Hall–Kier alpha value is -3.79. The van der Waals surface area contributed by atoms with Gasteiger partial charge in [-0.3, -0.25) is 9.48 Å². The second-order valence-electron chi connectivity index (χ2n) is 7.46. The van der Waals surface area contributed by atoms with E-state index in [9.17, 15) is 18.0 Å². The van der Waals surface area contributed by atoms with Gasteiger partial charge < -0.3 is 4.40 Å². The van der Waals surface area contributed by atoms with Gasteiger partial charge in [0.2, 0.25) is 0 Å². The van der Waals surface area contributed by atoms with Crippen molar-refractivity contribution in [3.05, 3.63) is 83.4 Å². The number of carbonyl (C=O) groups excluding carboxylic acids is 1. The average molecular weight is 467 g/mol. The van der Waals surface area contributed by atoms with Crippen molar-refractivity contribution in [1.82, 2.24) is 24.1 Å². The molecule has 0 aliphatic rings. The molecule has 5 rings (SSSR count). The third kappa shape index (κ3) is 4.05. The van der Waals surface area contributed by atoms with Gasteiger partial charge in [-0.1, -0.05) is 30.3 Å². The molecule has 0 bridgehead atoms. The summed E-state index contributed by atoms with van der Waals surface area (Å²) in [6, 6.07) is 13.4. The van der Waals surface area contributed by atoms with Crippen LogP contribution in [0.15, 0.2) is 66.4 Å². The van der Waals surface area contributed by atoms with E-state index in [4.69, 9.17) is 0 Å². The second-order valence-corrected chi connectivity index (χ2v) is 8.32. The molecule has 0 radical (unpaired) electrons. The lowest BCUT2D eigenvalue weighted by Gasteiger charge is -2.05. The summed E-state index contributed by atoms with van der Waals surface area (Å²) in [5.74, 6) is -0.270. The van der Waals surface area contributed by atoms with Gasteiger partial charge in [0, 0.05) is 36.8 Å². The molecule has 0 aliphatic heterocycles. The number of hydrogen-bond acceptors (Lipinski definition) is 5. The van der Waals surface area contributed by atoms with Gasteiger partial charge in [-0.15, -0.1) is 11.3 Å². The monoisotopic (exact) mass is 467 g/mol. The van der Waals surface area contributed by atoms with Crippen molar-refractivity contribution in [2.75, 3.05) is 0 Å². The highest BCUT2D eigenvalue weighted by molar-refractivity contribution is 7.13. The Kier molecular flexibility index (Phi) is 5.09. The van der Waals surface area contributed by atoms with Crippen LogP contribution in [0.1, 0.15) is 21.7 Å². The predicted molar refractivity (Wildman–Crippen MR) is 118 cm³/mol. The van der Waals surface area contributed by atoms with Crippen LogP contribution in [-0.2, 0) is 19.6 Å². The largest absolute Gasteiger partial charge is 0.434 e. The molecule has 4 heterocycles. The Bertz CT molecular complexity index is 1470. The van der Waals surface area contributed by atoms with Crippen LogP contribution in [-0.4, -0.2) is 29.9 Å². The molecule has 0 spiro atoms. The van der Waals surface area contributed by atoms with Crippen molar-refractivity contribution >= 4 is 22.8 Å². The predicted octanol–water partition coefficient (Wildman–Crippen LogP) is 5.30. The summed E-state index contributed by atoms with van der Waals surface area (Å²) >= 11 is 0.833. The highest BCUT2D eigenvalue weighted by atomic mass is 32.1. The maximum Gasteiger partial charge on any atom is 0.434 e. The van der Waals surface area contributed by atoms with E-state index < -0.39 is 11.9 Å². The summed E-state index contributed by atoms with van der Waals surface area (Å²) in [5.41, 5.74) is 2.75. The van der Waals surface area contributed by atoms with E-state index in [-0.39, 0.29) is 28.5 Å². The van der Waals surface area contributed by atoms with E-state index in [1.807, 2.05) is 59.3 Å². The molecule has 0 N–H and O–H groups in total. The zero-order chi connectivity index (χ0) is 23.2. The van der Waals surface area contributed by atoms with Crippen LogP contribution in [0.5, 0.6) is 0 Å². The first-order chi connectivity index (χ1) is 15.8. The summed E-state index contributed by atoms with van der Waals surface area (Å²) in [4.78, 5) is 21.4. The standard InChI is InChI=1S/C23H16F3N5OS/c1-30-21(16(11-27-30)22-29-19(13-33-22)23(24,25)26)18(32)9-14-7-8-31-12-17(28-20(31)10-14)15-5-3-2-4-6-15/h2-8,10-13H,9H2,1H3. The number of ketones is 1. The molecule has 166 valence electrons. The van der Waals surface area contributed by atoms with E-state index in [1.54, 1.807) is 7.05 Å². The van der Waals surface area contributed by atoms with Crippen LogP contribution in [0, 0.1) is 0 Å². The number of pyridine rings is 1. The zero-order valence-corrected chi connectivity index (χ0v) is 18.1. The van der Waals surface area contributed by atoms with Crippen LogP contribution in [0.25, 0.3) is 27.5 Å². The van der Waals surface area contributed by atoms with Gasteiger partial charge in [0.15, 0.2) is 11.5 Å². The lowest BCUT2D eigenvalue weighted by Crippen LogP contribution is -2.11. The fourth-order valence-corrected chi connectivity index (χ4v) is 4.44. The number of fused-ring (bicyclic) bond motifs is 1. The number of nitrogens with zero attached hydrogens (tertiary/aromatic N) is 5. The van der Waals surface area contributed by atoms with Crippen LogP contribution in [0.2, 0.25) is 0 Å². The number of imidazole rings is 1. The SMILES string of the molecule is Cn1ncc(-c2nc(C(F)(F)F)cs2)c1C(=O)Cc1ccn2cc(-c3ccccc3)nc2c1. The van der Waals surface area contributed by atoms with E-state index in [0.29, 0.717) is 5.65 Å². The molecule has 1 aromatic carbocycles. The van der Waals surface area contributed by atoms with Gasteiger partial charge in [-0.05, 0) is 17.7 Å². The molecule has 6 nitrogen and oxygen atoms in total. The molecule has 0 fully saturated rings. The van der Waals surface area contributed by atoms with Crippen molar-refractivity contribution in [2.24, 2.45) is 7.05 Å². The third-order valence-corrected chi connectivity index (χ3v) is 6.06. The molecule has 33 heavy (non-hydrogen) atoms. The number of rotatable bonds is 5. The molecule has 10 heteroatoms. The topological polar surface area (TPSA) is 65.1 Å². The highest BCUT2D eigenvalue weighted by Gasteiger charge is 2.34. The van der Waals surface area contributed by atoms with E-state index in [2.05, 4.69) is 15.1 Å². The summed E-state index contributed by atoms with van der Waals surface area (Å²) in [5, 5.41) is 5.12. The molecular formula is C23H16F3N5OS. The quantitative estimate of drug-likeness (QED) is 0.329. The Morgan fingerprint density at radius 1 is 1.12 bits per heavy atom. The molecule has 4 aromatic heterocycles. The summed E-state index contributed by atoms with van der Waals surface area (Å²) in [6.45, 7) is 0. The van der Waals surface area contributed by atoms with Crippen molar-refractivity contribution in [3.8, 4) is 21.8 Å². The van der Waals surface area contributed by atoms with Crippen LogP contribution < -0.4 is 0 Å². The molecule has 0 saturated carbocycles. The Balaban J connectivity index is 1.43. The molecule has 0 amide bonds. The molecule has 0 saturated heterocycles. The summed E-state index contributed by atoms with van der Waals surface area (Å²) in [7, 11) is 1.58. The smallest absolute Gasteiger partial charge is 0.306 e. The third-order valence-electron chi connectivity index (χ3n) is 5.19. The number of aromatic nitrogens is 5. The molecule has 0 atom stereocenters. The number of carbonyl (C=O) groups is 1. The first-order valence-electron chi connectivity index (χ1n) is 9.91. The molecule has 0 aliphatic carbocycles. The molecule has 0 unspecified atom stereocenters. The Morgan fingerprint density at radius 2 is 1.91 bits per heavy atom. The maximum atomic E-state index is 13.1. The van der Waals surface area contributed by atoms with Gasteiger partial charge >= 0.3 is 6.18 Å². The van der Waals surface area contributed by atoms with Crippen LogP contribution in [0.4, 0.5) is 13.2 Å². The number of Topliss-reactive ketones (excluding diaryl/α,β-unsaturated/α-hetero) is 1. The number of aryl methyl sites for hydroxylation is 1. The number of thiazole rings is 1. The van der Waals surface area contributed by atoms with E-state index >= 15 is 0 Å². The molecular weight excluding hydrogens is 451 g/mol. The summed E-state index contributed by atoms with van der Waals surface area (Å²) < 4.78 is 42.1. The minimum absolute atomic E-state index is 0.0497. The van der Waals surface area contributed by atoms with Gasteiger partial charge in [0.1, 0.15) is 16.3 Å². The van der Waals surface area contributed by atoms with Gasteiger partial charge in [0.05, 0.1) is 17.5 Å². The highest BCUT2D eigenvalue weighted by Crippen LogP contribution is 2.35. The van der Waals surface area contributed by atoms with Gasteiger partial charge in [-0.2, -0.15) is 18.3 Å². The second kappa shape index (κ2) is 7.96. The first kappa shape index (κ1) is 21.1. The first-order valence-corrected chi connectivity index (χ1v) is 10.8. The fourth-order valence-electron chi connectivity index (χ4n) is 3.60. The van der Waals surface area contributed by atoms with Crippen molar-refractivity contribution in [2.45, 2.75) is 12.6 Å². The normalized spacial score (nSPS) is 11.9. The lowest BCUT2D eigenvalue weighted by atomic mass is 10.1. The number of benzene rings is 1. The maximum absolute atomic E-state index is 13.1. The number of halogens is 3. The zero-order valence-electron chi connectivity index (χ0n) is 17.2. The Labute approximate surface area is 190 Å². The van der Waals surface area contributed by atoms with E-state index in [0.717, 1.165) is 33.5 Å². The minimum Gasteiger partial charge on any atom is -0.306 e. The van der Waals surface area contributed by atoms with E-state index in [1.165, 1.54) is 10.9 Å². The minimum atomic E-state index is -4.54. The van der Waals surface area contributed by atoms with Crippen molar-refractivity contribution in [1.29, 1.82) is 0 Å². The number of hydrogen-bond donors (Lipinski definition) is 0. The van der Waals surface area contributed by atoms with Gasteiger partial charge in [0.25, 0.3) is 0 Å². The molecule has 5 aromatic rings. The van der Waals surface area contributed by atoms with Gasteiger partial charge in [-0.25, -0.2) is 9.97 Å². The average Bonchev–Trinajstić information content (AvgIpc) is 3.51. The fraction of sp³-hybridized carbons (Fsp3) is 0.130. The Morgan fingerprint density at radius 3 is 2.64 bits per heavy atom. The lowest BCUT2D eigenvalue weighted by molar-refractivity contribution is -0.140. The van der Waals surface area contributed by atoms with Crippen LogP contribution in [0.3, 0.4) is 0 Å². The number of alkyl halides is 3. The van der Waals surface area contributed by atoms with Crippen molar-refractivity contribution < 1.29 is 18.0 Å².